The molecule has 1 N–H and O–H groups in total. The topological polar surface area (TPSA) is 57.6 Å². The molecule has 0 aromatic heterocycles. The van der Waals surface area contributed by atoms with E-state index in [1.807, 2.05) is 4.90 Å². The van der Waals surface area contributed by atoms with Gasteiger partial charge >= 0.3 is 5.97 Å². The molecule has 0 radical (unpaired) electrons. The highest BCUT2D eigenvalue weighted by molar-refractivity contribution is 5.81. The van der Waals surface area contributed by atoms with E-state index in [1.54, 1.807) is 0 Å². The quantitative estimate of drug-likeness (QED) is 0.839. The van der Waals surface area contributed by atoms with E-state index in [0.717, 1.165) is 25.8 Å². The number of hydrogen-bond acceptors (Lipinski definition) is 2. The smallest absolute Gasteiger partial charge is 0.303 e. The van der Waals surface area contributed by atoms with Crippen LogP contribution in [0, 0.1) is 10.8 Å². The Kier molecular flexibility index (Phi) is 3.16. The number of nitrogens with zero attached hydrogens (tertiary/aromatic N) is 1. The van der Waals surface area contributed by atoms with Crippen LogP contribution in [-0.2, 0) is 9.59 Å². The highest BCUT2D eigenvalue weighted by Crippen LogP contribution is 2.52. The number of fused-ring (bicyclic) bond motifs is 2. The summed E-state index contributed by atoms with van der Waals surface area (Å²) in [5, 5.41) is 8.66. The summed E-state index contributed by atoms with van der Waals surface area (Å²) < 4.78 is 0. The number of hydrogen-bond donors (Lipinski definition) is 1. The second-order valence-electron chi connectivity index (χ2n) is 7.13. The fourth-order valence-electron chi connectivity index (χ4n) is 4.11. The van der Waals surface area contributed by atoms with E-state index in [0.29, 0.717) is 11.5 Å². The number of carboxylic acid groups (broad SMARTS) is 1. The molecule has 2 rings (SSSR count). The maximum absolute atomic E-state index is 12.1. The van der Waals surface area contributed by atoms with Crippen LogP contribution in [0.5, 0.6) is 0 Å². The van der Waals surface area contributed by atoms with Gasteiger partial charge in [-0.05, 0) is 30.1 Å². The standard InChI is InChI=1S/C14H23NO3/c1-13(2)6-10-7-14(3,8-13)9-15(10)11(16)4-5-12(17)18/h10H,4-9H2,1-3H3,(H,17,18). The third-order valence-corrected chi connectivity index (χ3v) is 4.29. The molecule has 2 aliphatic rings. The zero-order chi connectivity index (χ0) is 13.6. The summed E-state index contributed by atoms with van der Waals surface area (Å²) >= 11 is 0. The molecule has 1 heterocycles. The van der Waals surface area contributed by atoms with Gasteiger partial charge in [0.15, 0.2) is 0 Å². The molecule has 0 aromatic rings. The lowest BCUT2D eigenvalue weighted by atomic mass is 9.65. The fraction of sp³-hybridized carbons (Fsp3) is 0.857. The maximum Gasteiger partial charge on any atom is 0.303 e. The van der Waals surface area contributed by atoms with Gasteiger partial charge in [0, 0.05) is 19.0 Å². The van der Waals surface area contributed by atoms with E-state index in [-0.39, 0.29) is 24.2 Å². The molecule has 18 heavy (non-hydrogen) atoms. The molecule has 1 aliphatic carbocycles. The van der Waals surface area contributed by atoms with Gasteiger partial charge in [0.05, 0.1) is 6.42 Å². The van der Waals surface area contributed by atoms with Crippen molar-refractivity contribution in [1.29, 1.82) is 0 Å². The molecule has 4 heteroatoms. The zero-order valence-corrected chi connectivity index (χ0v) is 11.5. The molecule has 2 bridgehead atoms. The summed E-state index contributed by atoms with van der Waals surface area (Å²) in [6.45, 7) is 7.59. The summed E-state index contributed by atoms with van der Waals surface area (Å²) in [5.74, 6) is -0.874. The molecular weight excluding hydrogens is 230 g/mol. The molecule has 1 saturated carbocycles. The molecule has 2 atom stereocenters. The predicted molar refractivity (Wildman–Crippen MR) is 68.1 cm³/mol. The van der Waals surface area contributed by atoms with Gasteiger partial charge in [-0.15, -0.1) is 0 Å². The summed E-state index contributed by atoms with van der Waals surface area (Å²) in [6, 6.07) is 0.319. The van der Waals surface area contributed by atoms with Crippen molar-refractivity contribution in [2.75, 3.05) is 6.54 Å². The number of carboxylic acids is 1. The molecule has 0 aromatic carbocycles. The largest absolute Gasteiger partial charge is 0.481 e. The monoisotopic (exact) mass is 253 g/mol. The van der Waals surface area contributed by atoms with E-state index in [4.69, 9.17) is 5.11 Å². The van der Waals surface area contributed by atoms with Gasteiger partial charge in [0.2, 0.25) is 5.91 Å². The van der Waals surface area contributed by atoms with Crippen LogP contribution in [0.1, 0.15) is 52.9 Å². The molecule has 2 fully saturated rings. The zero-order valence-electron chi connectivity index (χ0n) is 11.5. The van der Waals surface area contributed by atoms with Crippen molar-refractivity contribution in [2.24, 2.45) is 10.8 Å². The van der Waals surface area contributed by atoms with Gasteiger partial charge in [-0.3, -0.25) is 9.59 Å². The van der Waals surface area contributed by atoms with Gasteiger partial charge in [0.1, 0.15) is 0 Å². The van der Waals surface area contributed by atoms with E-state index in [9.17, 15) is 9.59 Å². The van der Waals surface area contributed by atoms with Crippen LogP contribution in [0.2, 0.25) is 0 Å². The summed E-state index contributed by atoms with van der Waals surface area (Å²) in [5.41, 5.74) is 0.519. The number of aliphatic carboxylic acids is 1. The van der Waals surface area contributed by atoms with Crippen molar-refractivity contribution in [3.63, 3.8) is 0 Å². The summed E-state index contributed by atoms with van der Waals surface area (Å²) in [4.78, 5) is 24.6. The Labute approximate surface area is 108 Å². The second kappa shape index (κ2) is 4.25. The molecular formula is C14H23NO3. The minimum Gasteiger partial charge on any atom is -0.481 e. The Balaban J connectivity index is 2.04. The summed E-state index contributed by atoms with van der Waals surface area (Å²) in [7, 11) is 0. The first-order chi connectivity index (χ1) is 8.21. The normalized spacial score (nSPS) is 33.5. The van der Waals surface area contributed by atoms with Gasteiger partial charge in [-0.25, -0.2) is 0 Å². The third kappa shape index (κ3) is 2.68. The van der Waals surface area contributed by atoms with Gasteiger partial charge in [0.25, 0.3) is 0 Å². The highest BCUT2D eigenvalue weighted by Gasteiger charge is 2.50. The lowest BCUT2D eigenvalue weighted by Crippen LogP contribution is -2.37. The molecule has 1 saturated heterocycles. The maximum atomic E-state index is 12.1. The Morgan fingerprint density at radius 2 is 1.89 bits per heavy atom. The Morgan fingerprint density at radius 3 is 2.50 bits per heavy atom. The second-order valence-corrected chi connectivity index (χ2v) is 7.13. The van der Waals surface area contributed by atoms with Crippen LogP contribution < -0.4 is 0 Å². The SMILES string of the molecule is CC1(C)CC2CC(C)(CN2C(=O)CCC(=O)O)C1. The average Bonchev–Trinajstić information content (AvgIpc) is 2.44. The van der Waals surface area contributed by atoms with Gasteiger partial charge in [-0.2, -0.15) is 0 Å². The van der Waals surface area contributed by atoms with E-state index < -0.39 is 5.97 Å². The van der Waals surface area contributed by atoms with Crippen LogP contribution in [0.3, 0.4) is 0 Å². The minimum absolute atomic E-state index is 0.0174. The first-order valence-electron chi connectivity index (χ1n) is 6.72. The average molecular weight is 253 g/mol. The molecule has 0 spiro atoms. The summed E-state index contributed by atoms with van der Waals surface area (Å²) in [6.07, 6.45) is 3.36. The Morgan fingerprint density at radius 1 is 1.22 bits per heavy atom. The minimum atomic E-state index is -0.892. The third-order valence-electron chi connectivity index (χ3n) is 4.29. The van der Waals surface area contributed by atoms with E-state index in [2.05, 4.69) is 20.8 Å². The lowest BCUT2D eigenvalue weighted by Gasteiger charge is -2.39. The number of carbonyl (C=O) groups excluding carboxylic acids is 1. The number of amides is 1. The van der Waals surface area contributed by atoms with Crippen molar-refractivity contribution in [3.05, 3.63) is 0 Å². The number of rotatable bonds is 3. The Bertz CT molecular complexity index is 377. The first kappa shape index (κ1) is 13.4. The van der Waals surface area contributed by atoms with Crippen molar-refractivity contribution in [3.8, 4) is 0 Å². The predicted octanol–water partition coefficient (Wildman–Crippen LogP) is 2.28. The van der Waals surface area contributed by atoms with Crippen LogP contribution >= 0.6 is 0 Å². The van der Waals surface area contributed by atoms with Crippen molar-refractivity contribution < 1.29 is 14.7 Å². The number of carbonyl (C=O) groups is 2. The molecule has 1 aliphatic heterocycles. The molecule has 4 nitrogen and oxygen atoms in total. The lowest BCUT2D eigenvalue weighted by molar-refractivity contribution is -0.141. The Hall–Kier alpha value is -1.06. The van der Waals surface area contributed by atoms with Crippen molar-refractivity contribution in [1.82, 2.24) is 4.90 Å². The first-order valence-corrected chi connectivity index (χ1v) is 6.72. The van der Waals surface area contributed by atoms with Gasteiger partial charge in [-0.1, -0.05) is 20.8 Å². The molecule has 102 valence electrons. The van der Waals surface area contributed by atoms with Crippen LogP contribution in [-0.4, -0.2) is 34.5 Å². The van der Waals surface area contributed by atoms with E-state index in [1.165, 1.54) is 0 Å². The molecule has 2 unspecified atom stereocenters. The fourth-order valence-corrected chi connectivity index (χ4v) is 4.11. The number of likely N-dealkylation sites (tertiary alicyclic amines) is 1. The van der Waals surface area contributed by atoms with Crippen LogP contribution in [0.15, 0.2) is 0 Å². The van der Waals surface area contributed by atoms with Crippen molar-refractivity contribution in [2.45, 2.75) is 58.9 Å². The van der Waals surface area contributed by atoms with Crippen LogP contribution in [0.25, 0.3) is 0 Å². The van der Waals surface area contributed by atoms with Gasteiger partial charge < -0.3 is 10.0 Å². The van der Waals surface area contributed by atoms with E-state index >= 15 is 0 Å². The highest BCUT2D eigenvalue weighted by atomic mass is 16.4. The molecule has 1 amide bonds. The van der Waals surface area contributed by atoms with Crippen LogP contribution in [0.4, 0.5) is 0 Å². The van der Waals surface area contributed by atoms with Crippen molar-refractivity contribution >= 4 is 11.9 Å².